The number of aromatic nitrogens is 1. The Morgan fingerprint density at radius 3 is 2.83 bits per heavy atom. The molecular weight excluding hydrogens is 262 g/mol. The van der Waals surface area contributed by atoms with Gasteiger partial charge < -0.3 is 10.2 Å². The van der Waals surface area contributed by atoms with Crippen LogP contribution in [0.5, 0.6) is 0 Å². The van der Waals surface area contributed by atoms with E-state index in [-0.39, 0.29) is 0 Å². The van der Waals surface area contributed by atoms with Gasteiger partial charge in [-0.3, -0.25) is 0 Å². The molecule has 100 valence electrons. The Labute approximate surface area is 117 Å². The van der Waals surface area contributed by atoms with Crippen LogP contribution in [0.2, 0.25) is 0 Å². The predicted octanol–water partition coefficient (Wildman–Crippen LogP) is 2.68. The summed E-state index contributed by atoms with van der Waals surface area (Å²) in [7, 11) is 4.24. The van der Waals surface area contributed by atoms with E-state index >= 15 is 0 Å². The van der Waals surface area contributed by atoms with E-state index in [4.69, 9.17) is 4.98 Å². The standard InChI is InChI=1S/C13H21N3S2/c1-14-7-11-12(9-3-4-9)15-13(18-11)16(2)10-5-6-17-8-10/h9-10,14H,3-8H2,1-2H3. The highest BCUT2D eigenvalue weighted by atomic mass is 32.2. The van der Waals surface area contributed by atoms with Gasteiger partial charge in [0.15, 0.2) is 5.13 Å². The molecule has 3 nitrogen and oxygen atoms in total. The first-order valence-corrected chi connectivity index (χ1v) is 8.71. The van der Waals surface area contributed by atoms with E-state index < -0.39 is 0 Å². The summed E-state index contributed by atoms with van der Waals surface area (Å²) in [5.41, 5.74) is 1.38. The molecule has 1 unspecified atom stereocenters. The third kappa shape index (κ3) is 2.53. The van der Waals surface area contributed by atoms with Crippen molar-refractivity contribution in [3.63, 3.8) is 0 Å². The zero-order valence-electron chi connectivity index (χ0n) is 11.1. The van der Waals surface area contributed by atoms with Crippen LogP contribution in [-0.4, -0.2) is 36.6 Å². The molecular formula is C13H21N3S2. The zero-order chi connectivity index (χ0) is 12.5. The SMILES string of the molecule is CNCc1sc(N(C)C2CCSC2)nc1C1CC1. The van der Waals surface area contributed by atoms with Crippen molar-refractivity contribution in [3.8, 4) is 0 Å². The van der Waals surface area contributed by atoms with Gasteiger partial charge in [-0.2, -0.15) is 11.8 Å². The van der Waals surface area contributed by atoms with Gasteiger partial charge in [-0.25, -0.2) is 4.98 Å². The van der Waals surface area contributed by atoms with E-state index in [0.29, 0.717) is 6.04 Å². The normalized spacial score (nSPS) is 23.6. The van der Waals surface area contributed by atoms with Crippen LogP contribution in [0, 0.1) is 0 Å². The average molecular weight is 283 g/mol. The fraction of sp³-hybridized carbons (Fsp3) is 0.769. The summed E-state index contributed by atoms with van der Waals surface area (Å²) in [6.07, 6.45) is 3.98. The van der Waals surface area contributed by atoms with Crippen LogP contribution >= 0.6 is 23.1 Å². The highest BCUT2D eigenvalue weighted by Gasteiger charge is 2.31. The summed E-state index contributed by atoms with van der Waals surface area (Å²) in [6.45, 7) is 0.969. The fourth-order valence-electron chi connectivity index (χ4n) is 2.45. The van der Waals surface area contributed by atoms with Crippen molar-refractivity contribution in [2.24, 2.45) is 0 Å². The van der Waals surface area contributed by atoms with E-state index in [1.807, 2.05) is 18.4 Å². The third-order valence-electron chi connectivity index (χ3n) is 3.77. The van der Waals surface area contributed by atoms with E-state index in [2.05, 4.69) is 29.0 Å². The molecule has 2 heterocycles. The van der Waals surface area contributed by atoms with Gasteiger partial charge in [0, 0.05) is 36.2 Å². The monoisotopic (exact) mass is 283 g/mol. The highest BCUT2D eigenvalue weighted by Crippen LogP contribution is 2.44. The second-order valence-corrected chi connectivity index (χ2v) is 7.45. The molecule has 1 aliphatic carbocycles. The van der Waals surface area contributed by atoms with Gasteiger partial charge in [0.25, 0.3) is 0 Å². The molecule has 1 aromatic heterocycles. The Kier molecular flexibility index (Phi) is 3.82. The summed E-state index contributed by atoms with van der Waals surface area (Å²) in [6, 6.07) is 0.690. The number of rotatable bonds is 5. The number of nitrogens with one attached hydrogen (secondary N) is 1. The van der Waals surface area contributed by atoms with Gasteiger partial charge in [0.05, 0.1) is 5.69 Å². The molecule has 0 aromatic carbocycles. The molecule has 0 bridgehead atoms. The van der Waals surface area contributed by atoms with Crippen LogP contribution in [0.25, 0.3) is 0 Å². The molecule has 0 amide bonds. The van der Waals surface area contributed by atoms with Crippen LogP contribution in [0.3, 0.4) is 0 Å². The van der Waals surface area contributed by atoms with Crippen molar-refractivity contribution >= 4 is 28.2 Å². The van der Waals surface area contributed by atoms with Crippen molar-refractivity contribution in [2.45, 2.75) is 37.8 Å². The molecule has 1 saturated heterocycles. The summed E-state index contributed by atoms with van der Waals surface area (Å²) < 4.78 is 0. The molecule has 1 aromatic rings. The maximum absolute atomic E-state index is 4.93. The Morgan fingerprint density at radius 2 is 2.22 bits per heavy atom. The van der Waals surface area contributed by atoms with Gasteiger partial charge in [0.2, 0.25) is 0 Å². The largest absolute Gasteiger partial charge is 0.347 e. The molecule has 18 heavy (non-hydrogen) atoms. The third-order valence-corrected chi connectivity index (χ3v) is 6.08. The minimum absolute atomic E-state index is 0.690. The summed E-state index contributed by atoms with van der Waals surface area (Å²) in [5, 5.41) is 4.51. The molecule has 2 aliphatic rings. The van der Waals surface area contributed by atoms with E-state index in [1.165, 1.54) is 46.5 Å². The minimum Gasteiger partial charge on any atom is -0.347 e. The maximum Gasteiger partial charge on any atom is 0.185 e. The van der Waals surface area contributed by atoms with Crippen molar-refractivity contribution in [2.75, 3.05) is 30.5 Å². The van der Waals surface area contributed by atoms with E-state index in [9.17, 15) is 0 Å². The Balaban J connectivity index is 1.80. The lowest BCUT2D eigenvalue weighted by atomic mass is 10.2. The second kappa shape index (κ2) is 5.39. The molecule has 0 radical (unpaired) electrons. The van der Waals surface area contributed by atoms with Crippen molar-refractivity contribution < 1.29 is 0 Å². The smallest absolute Gasteiger partial charge is 0.185 e. The molecule has 1 aliphatic heterocycles. The summed E-state index contributed by atoms with van der Waals surface area (Å²) in [4.78, 5) is 8.79. The molecule has 5 heteroatoms. The topological polar surface area (TPSA) is 28.2 Å². The van der Waals surface area contributed by atoms with Crippen molar-refractivity contribution in [1.29, 1.82) is 0 Å². The lowest BCUT2D eigenvalue weighted by Gasteiger charge is -2.22. The van der Waals surface area contributed by atoms with Crippen LogP contribution in [0.1, 0.15) is 35.8 Å². The zero-order valence-corrected chi connectivity index (χ0v) is 12.7. The van der Waals surface area contributed by atoms with Crippen molar-refractivity contribution in [1.82, 2.24) is 10.3 Å². The maximum atomic E-state index is 4.93. The van der Waals surface area contributed by atoms with Gasteiger partial charge >= 0.3 is 0 Å². The lowest BCUT2D eigenvalue weighted by molar-refractivity contribution is 0.696. The highest BCUT2D eigenvalue weighted by molar-refractivity contribution is 7.99. The molecule has 3 rings (SSSR count). The quantitative estimate of drug-likeness (QED) is 0.899. The average Bonchev–Trinajstić information content (AvgIpc) is 2.93. The first-order valence-electron chi connectivity index (χ1n) is 6.74. The van der Waals surface area contributed by atoms with Crippen LogP contribution < -0.4 is 10.2 Å². The number of thioether (sulfide) groups is 1. The number of hydrogen-bond donors (Lipinski definition) is 1. The first-order chi connectivity index (χ1) is 8.79. The number of thiazole rings is 1. The summed E-state index contributed by atoms with van der Waals surface area (Å²) >= 11 is 3.96. The van der Waals surface area contributed by atoms with Crippen LogP contribution in [0.4, 0.5) is 5.13 Å². The number of anilines is 1. The van der Waals surface area contributed by atoms with Crippen molar-refractivity contribution in [3.05, 3.63) is 10.6 Å². The lowest BCUT2D eigenvalue weighted by Crippen LogP contribution is -2.31. The predicted molar refractivity (Wildman–Crippen MR) is 81.0 cm³/mol. The first kappa shape index (κ1) is 12.8. The van der Waals surface area contributed by atoms with E-state index in [0.717, 1.165) is 12.5 Å². The van der Waals surface area contributed by atoms with E-state index in [1.54, 1.807) is 0 Å². The molecule has 1 saturated carbocycles. The molecule has 2 fully saturated rings. The minimum atomic E-state index is 0.690. The van der Waals surface area contributed by atoms with Gasteiger partial charge in [0.1, 0.15) is 0 Å². The number of hydrogen-bond acceptors (Lipinski definition) is 5. The Bertz CT molecular complexity index is 408. The Hall–Kier alpha value is -0.260. The van der Waals surface area contributed by atoms with Gasteiger partial charge in [-0.1, -0.05) is 0 Å². The molecule has 0 spiro atoms. The summed E-state index contributed by atoms with van der Waals surface area (Å²) in [5.74, 6) is 3.32. The van der Waals surface area contributed by atoms with Gasteiger partial charge in [-0.15, -0.1) is 11.3 Å². The van der Waals surface area contributed by atoms with Crippen LogP contribution in [0.15, 0.2) is 0 Å². The van der Waals surface area contributed by atoms with Crippen LogP contribution in [-0.2, 0) is 6.54 Å². The Morgan fingerprint density at radius 1 is 1.39 bits per heavy atom. The molecule has 1 N–H and O–H groups in total. The number of nitrogens with zero attached hydrogens (tertiary/aromatic N) is 2. The fourth-order valence-corrected chi connectivity index (χ4v) is 4.91. The van der Waals surface area contributed by atoms with Gasteiger partial charge in [-0.05, 0) is 32.1 Å². The molecule has 1 atom stereocenters. The second-order valence-electron chi connectivity index (χ2n) is 5.24.